The topological polar surface area (TPSA) is 77.5 Å². The number of fused-ring (bicyclic) bond motifs is 1. The van der Waals surface area contributed by atoms with Gasteiger partial charge in [0.2, 0.25) is 0 Å². The number of amides is 1. The van der Waals surface area contributed by atoms with Gasteiger partial charge in [-0.05, 0) is 48.2 Å². The molecule has 0 unspecified atom stereocenters. The molecule has 4 heterocycles. The first kappa shape index (κ1) is 23.0. The van der Waals surface area contributed by atoms with Crippen molar-refractivity contribution in [3.63, 3.8) is 0 Å². The van der Waals surface area contributed by atoms with Gasteiger partial charge in [0.15, 0.2) is 4.80 Å². The number of carbonyl (C=O) groups excluding carboxylic acids is 1. The van der Waals surface area contributed by atoms with Gasteiger partial charge in [0.05, 0.1) is 25.5 Å². The Labute approximate surface area is 208 Å². The van der Waals surface area contributed by atoms with Crippen LogP contribution in [0, 0.1) is 0 Å². The number of thiazole rings is 1. The van der Waals surface area contributed by atoms with Crippen LogP contribution in [-0.4, -0.2) is 50.8 Å². The number of hydrogen-bond acceptors (Lipinski definition) is 6. The van der Waals surface area contributed by atoms with Gasteiger partial charge in [-0.25, -0.2) is 0 Å². The maximum absolute atomic E-state index is 13.7. The third kappa shape index (κ3) is 4.64. The molecule has 35 heavy (non-hydrogen) atoms. The summed E-state index contributed by atoms with van der Waals surface area (Å²) in [4.78, 5) is 25.3. The number of aromatic nitrogens is 4. The first-order valence-electron chi connectivity index (χ1n) is 11.6. The van der Waals surface area contributed by atoms with E-state index < -0.39 is 0 Å². The molecule has 0 N–H and O–H groups in total. The fraction of sp³-hybridized carbons (Fsp3) is 0.308. The minimum Gasteiger partial charge on any atom is -0.497 e. The fourth-order valence-electron chi connectivity index (χ4n) is 4.55. The average Bonchev–Trinajstić information content (AvgIpc) is 3.55. The molecule has 8 nitrogen and oxygen atoms in total. The van der Waals surface area contributed by atoms with Crippen molar-refractivity contribution in [2.45, 2.75) is 33.0 Å². The fourth-order valence-corrected chi connectivity index (χ4v) is 5.24. The van der Waals surface area contributed by atoms with Crippen LogP contribution in [0.15, 0.2) is 59.4 Å². The quantitative estimate of drug-likeness (QED) is 0.398. The van der Waals surface area contributed by atoms with Crippen molar-refractivity contribution in [1.82, 2.24) is 24.2 Å². The van der Waals surface area contributed by atoms with Crippen LogP contribution in [0.2, 0.25) is 0 Å². The van der Waals surface area contributed by atoms with Crippen LogP contribution in [0.3, 0.4) is 0 Å². The van der Waals surface area contributed by atoms with E-state index in [1.54, 1.807) is 31.7 Å². The molecule has 0 bridgehead atoms. The van der Waals surface area contributed by atoms with E-state index in [4.69, 9.17) is 4.74 Å². The van der Waals surface area contributed by atoms with Crippen molar-refractivity contribution in [2.75, 3.05) is 20.7 Å². The highest BCUT2D eigenvalue weighted by Crippen LogP contribution is 2.32. The highest BCUT2D eigenvalue weighted by atomic mass is 32.1. The smallest absolute Gasteiger partial charge is 0.254 e. The van der Waals surface area contributed by atoms with Crippen LogP contribution >= 0.6 is 11.3 Å². The van der Waals surface area contributed by atoms with Crippen molar-refractivity contribution < 1.29 is 9.53 Å². The molecule has 1 aliphatic heterocycles. The summed E-state index contributed by atoms with van der Waals surface area (Å²) in [6.07, 6.45) is 8.47. The number of pyridine rings is 1. The molecule has 4 aromatic rings. The van der Waals surface area contributed by atoms with Gasteiger partial charge in [-0.3, -0.25) is 19.5 Å². The maximum atomic E-state index is 13.7. The summed E-state index contributed by atoms with van der Waals surface area (Å²) in [5.74, 6) is 0.764. The zero-order valence-corrected chi connectivity index (χ0v) is 21.0. The SMILES string of the molecule is CCn1cc(-c2cc(Cn3ccsc3=NC)cc3c2CCN(Cc2cc(OC)ccn2)C3=O)cn1. The van der Waals surface area contributed by atoms with Crippen molar-refractivity contribution >= 4 is 17.2 Å². The van der Waals surface area contributed by atoms with Gasteiger partial charge in [0, 0.05) is 67.8 Å². The molecule has 5 rings (SSSR count). The van der Waals surface area contributed by atoms with Gasteiger partial charge >= 0.3 is 0 Å². The van der Waals surface area contributed by atoms with Crippen LogP contribution in [0.4, 0.5) is 0 Å². The van der Waals surface area contributed by atoms with E-state index in [1.807, 2.05) is 45.6 Å². The van der Waals surface area contributed by atoms with E-state index >= 15 is 0 Å². The van der Waals surface area contributed by atoms with Crippen LogP contribution in [0.25, 0.3) is 11.1 Å². The monoisotopic (exact) mass is 488 g/mol. The number of ether oxygens (including phenoxy) is 1. The molecule has 3 aromatic heterocycles. The Morgan fingerprint density at radius 2 is 2.06 bits per heavy atom. The number of rotatable bonds is 7. The molecule has 0 atom stereocenters. The lowest BCUT2D eigenvalue weighted by Crippen LogP contribution is -2.37. The van der Waals surface area contributed by atoms with Gasteiger partial charge in [0.1, 0.15) is 5.75 Å². The lowest BCUT2D eigenvalue weighted by Gasteiger charge is -2.30. The summed E-state index contributed by atoms with van der Waals surface area (Å²) < 4.78 is 9.35. The summed E-state index contributed by atoms with van der Waals surface area (Å²) >= 11 is 1.60. The second kappa shape index (κ2) is 9.87. The minimum atomic E-state index is 0.0255. The number of nitrogens with zero attached hydrogens (tertiary/aromatic N) is 6. The first-order valence-corrected chi connectivity index (χ1v) is 12.5. The Bertz CT molecular complexity index is 1430. The van der Waals surface area contributed by atoms with Gasteiger partial charge in [-0.15, -0.1) is 11.3 Å². The van der Waals surface area contributed by atoms with Crippen molar-refractivity contribution in [1.29, 1.82) is 0 Å². The Hall–Kier alpha value is -3.72. The molecule has 9 heteroatoms. The molecule has 0 radical (unpaired) electrons. The second-order valence-electron chi connectivity index (χ2n) is 8.45. The predicted octanol–water partition coefficient (Wildman–Crippen LogP) is 3.61. The van der Waals surface area contributed by atoms with Crippen LogP contribution in [0.5, 0.6) is 5.75 Å². The van der Waals surface area contributed by atoms with Crippen LogP contribution in [0.1, 0.15) is 34.1 Å². The molecule has 1 aliphatic rings. The third-order valence-electron chi connectivity index (χ3n) is 6.31. The molecule has 180 valence electrons. The third-order valence-corrected chi connectivity index (χ3v) is 7.19. The van der Waals surface area contributed by atoms with Crippen LogP contribution < -0.4 is 9.54 Å². The molecular formula is C26H28N6O2S. The standard InChI is InChI=1S/C26H28N6O2S/c1-4-32-16-19(14-29-32)23-11-18(15-31-9-10-35-26(31)27-2)12-24-22(23)6-8-30(25(24)33)17-20-13-21(34-3)5-7-28-20/h5,7,9-14,16H,4,6,8,15,17H2,1-3H3. The van der Waals surface area contributed by atoms with Crippen molar-refractivity contribution in [3.05, 3.63) is 81.6 Å². The molecule has 0 spiro atoms. The van der Waals surface area contributed by atoms with Crippen LogP contribution in [-0.2, 0) is 26.1 Å². The van der Waals surface area contributed by atoms with E-state index in [9.17, 15) is 4.79 Å². The zero-order valence-electron chi connectivity index (χ0n) is 20.1. The molecule has 0 fully saturated rings. The Morgan fingerprint density at radius 3 is 2.83 bits per heavy atom. The normalized spacial score (nSPS) is 13.9. The predicted molar refractivity (Wildman–Crippen MR) is 135 cm³/mol. The number of methoxy groups -OCH3 is 1. The van der Waals surface area contributed by atoms with E-state index in [0.717, 1.165) is 57.0 Å². The van der Waals surface area contributed by atoms with Gasteiger partial charge < -0.3 is 14.2 Å². The molecule has 0 saturated carbocycles. The average molecular weight is 489 g/mol. The highest BCUT2D eigenvalue weighted by molar-refractivity contribution is 7.07. The Morgan fingerprint density at radius 1 is 1.20 bits per heavy atom. The summed E-state index contributed by atoms with van der Waals surface area (Å²) in [5, 5.41) is 6.51. The number of aryl methyl sites for hydroxylation is 1. The number of carbonyl (C=O) groups is 1. The summed E-state index contributed by atoms with van der Waals surface area (Å²) in [6, 6.07) is 7.94. The summed E-state index contributed by atoms with van der Waals surface area (Å²) in [7, 11) is 3.43. The second-order valence-corrected chi connectivity index (χ2v) is 9.33. The molecule has 0 saturated heterocycles. The number of benzene rings is 1. The highest BCUT2D eigenvalue weighted by Gasteiger charge is 2.28. The van der Waals surface area contributed by atoms with E-state index in [-0.39, 0.29) is 5.91 Å². The van der Waals surface area contributed by atoms with Gasteiger partial charge in [0.25, 0.3) is 5.91 Å². The van der Waals surface area contributed by atoms with E-state index in [0.29, 0.717) is 19.6 Å². The minimum absolute atomic E-state index is 0.0255. The van der Waals surface area contributed by atoms with Crippen molar-refractivity contribution in [3.8, 4) is 16.9 Å². The Kier molecular flexibility index (Phi) is 6.50. The summed E-state index contributed by atoms with van der Waals surface area (Å²) in [6.45, 7) is 4.59. The molecular weight excluding hydrogens is 460 g/mol. The summed E-state index contributed by atoms with van der Waals surface area (Å²) in [5.41, 5.74) is 5.82. The molecule has 1 aromatic carbocycles. The number of hydrogen-bond donors (Lipinski definition) is 0. The van der Waals surface area contributed by atoms with Gasteiger partial charge in [-0.1, -0.05) is 0 Å². The lowest BCUT2D eigenvalue weighted by atomic mass is 9.89. The lowest BCUT2D eigenvalue weighted by molar-refractivity contribution is 0.0725. The largest absolute Gasteiger partial charge is 0.497 e. The van der Waals surface area contributed by atoms with Gasteiger partial charge in [-0.2, -0.15) is 5.10 Å². The van der Waals surface area contributed by atoms with E-state index in [1.165, 1.54) is 0 Å². The maximum Gasteiger partial charge on any atom is 0.254 e. The van der Waals surface area contributed by atoms with Crippen molar-refractivity contribution in [2.24, 2.45) is 4.99 Å². The molecule has 0 aliphatic carbocycles. The zero-order chi connectivity index (χ0) is 24.4. The first-order chi connectivity index (χ1) is 17.1. The Balaban J connectivity index is 1.54. The molecule has 1 amide bonds. The van der Waals surface area contributed by atoms with E-state index in [2.05, 4.69) is 38.8 Å².